The summed E-state index contributed by atoms with van der Waals surface area (Å²) in [6.45, 7) is 1.90. The lowest BCUT2D eigenvalue weighted by atomic mass is 10.4. The van der Waals surface area contributed by atoms with E-state index in [1.165, 1.54) is 11.1 Å². The minimum atomic E-state index is -1.04. The third-order valence-electron chi connectivity index (χ3n) is 1.90. The first-order chi connectivity index (χ1) is 7.63. The van der Waals surface area contributed by atoms with E-state index in [-0.39, 0.29) is 13.1 Å². The van der Waals surface area contributed by atoms with E-state index in [2.05, 4.69) is 10.5 Å². The molecule has 0 radical (unpaired) electrons. The molecular weight excluding hydrogens is 214 g/mol. The molecule has 16 heavy (non-hydrogen) atoms. The van der Waals surface area contributed by atoms with Gasteiger partial charge < -0.3 is 19.8 Å². The minimum absolute atomic E-state index is 0.189. The highest BCUT2D eigenvalue weighted by Gasteiger charge is 2.14. The summed E-state index contributed by atoms with van der Waals surface area (Å²) in [6, 6.07) is 1.18. The fourth-order valence-corrected chi connectivity index (χ4v) is 1.10. The van der Waals surface area contributed by atoms with Gasteiger partial charge in [-0.05, 0) is 6.92 Å². The number of aromatic nitrogens is 1. The maximum Gasteiger partial charge on any atom is 0.323 e. The lowest BCUT2D eigenvalue weighted by Crippen LogP contribution is -2.42. The van der Waals surface area contributed by atoms with Gasteiger partial charge in [-0.3, -0.25) is 4.79 Å². The third-order valence-corrected chi connectivity index (χ3v) is 1.90. The average Bonchev–Trinajstić information content (AvgIpc) is 2.75. The van der Waals surface area contributed by atoms with Gasteiger partial charge in [-0.25, -0.2) is 4.79 Å². The Kier molecular flexibility index (Phi) is 4.31. The highest BCUT2D eigenvalue weighted by atomic mass is 16.5. The van der Waals surface area contributed by atoms with E-state index in [9.17, 15) is 9.59 Å². The van der Waals surface area contributed by atoms with Crippen LogP contribution in [0, 0.1) is 0 Å². The number of amides is 2. The van der Waals surface area contributed by atoms with Crippen molar-refractivity contribution in [2.45, 2.75) is 13.5 Å². The minimum Gasteiger partial charge on any atom is -0.480 e. The molecule has 0 spiro atoms. The topological polar surface area (TPSA) is 95.7 Å². The zero-order valence-corrected chi connectivity index (χ0v) is 8.84. The van der Waals surface area contributed by atoms with Crippen molar-refractivity contribution in [2.24, 2.45) is 0 Å². The summed E-state index contributed by atoms with van der Waals surface area (Å²) in [5, 5.41) is 14.6. The fourth-order valence-electron chi connectivity index (χ4n) is 1.10. The summed E-state index contributed by atoms with van der Waals surface area (Å²) in [4.78, 5) is 23.1. The molecule has 0 unspecified atom stereocenters. The van der Waals surface area contributed by atoms with Gasteiger partial charge in [0.2, 0.25) is 0 Å². The molecule has 7 nitrogen and oxygen atoms in total. The monoisotopic (exact) mass is 227 g/mol. The molecule has 0 aliphatic carbocycles. The van der Waals surface area contributed by atoms with Crippen molar-refractivity contribution in [3.63, 3.8) is 0 Å². The Bertz CT molecular complexity index is 350. The lowest BCUT2D eigenvalue weighted by Gasteiger charge is -2.18. The summed E-state index contributed by atoms with van der Waals surface area (Å²) in [7, 11) is 0. The largest absolute Gasteiger partial charge is 0.480 e. The molecule has 1 heterocycles. The number of urea groups is 1. The molecule has 0 fully saturated rings. The molecule has 7 heteroatoms. The molecule has 0 aromatic carbocycles. The second kappa shape index (κ2) is 5.74. The van der Waals surface area contributed by atoms with Crippen LogP contribution in [-0.4, -0.2) is 40.3 Å². The summed E-state index contributed by atoms with van der Waals surface area (Å²) < 4.78 is 4.78. The van der Waals surface area contributed by atoms with Crippen LogP contribution in [0.1, 0.15) is 12.7 Å². The van der Waals surface area contributed by atoms with Gasteiger partial charge >= 0.3 is 12.0 Å². The van der Waals surface area contributed by atoms with Gasteiger partial charge in [-0.1, -0.05) is 5.16 Å². The molecule has 0 bridgehead atoms. The zero-order valence-electron chi connectivity index (χ0n) is 8.84. The molecule has 2 N–H and O–H groups in total. The van der Waals surface area contributed by atoms with Gasteiger partial charge in [-0.2, -0.15) is 0 Å². The van der Waals surface area contributed by atoms with Crippen molar-refractivity contribution in [3.8, 4) is 0 Å². The van der Waals surface area contributed by atoms with E-state index in [0.29, 0.717) is 12.3 Å². The second-order valence-corrected chi connectivity index (χ2v) is 3.05. The number of carboxylic acid groups (broad SMARTS) is 1. The van der Waals surface area contributed by atoms with E-state index < -0.39 is 12.0 Å². The molecule has 1 aromatic rings. The smallest absolute Gasteiger partial charge is 0.323 e. The van der Waals surface area contributed by atoms with Gasteiger partial charge in [0.15, 0.2) is 5.76 Å². The molecule has 2 amide bonds. The highest BCUT2D eigenvalue weighted by molar-refractivity contribution is 5.79. The summed E-state index contributed by atoms with van der Waals surface area (Å²) in [5.41, 5.74) is 0. The van der Waals surface area contributed by atoms with Crippen LogP contribution in [0.3, 0.4) is 0 Å². The van der Waals surface area contributed by atoms with Crippen LogP contribution < -0.4 is 5.32 Å². The predicted octanol–water partition coefficient (Wildman–Crippen LogP) is 0.291. The van der Waals surface area contributed by atoms with E-state index >= 15 is 0 Å². The standard InChI is InChI=1S/C9H13N3O4/c1-2-12(6-8(13)14)9(15)10-5-7-3-4-11-16-7/h3-4H,2,5-6H2,1H3,(H,10,15)(H,13,14). The number of aliphatic carboxylic acids is 1. The van der Waals surface area contributed by atoms with Gasteiger partial charge in [0.05, 0.1) is 12.7 Å². The quantitative estimate of drug-likeness (QED) is 0.753. The summed E-state index contributed by atoms with van der Waals surface area (Å²) in [5.74, 6) is -0.531. The summed E-state index contributed by atoms with van der Waals surface area (Å²) in [6.07, 6.45) is 1.47. The normalized spacial score (nSPS) is 9.81. The fraction of sp³-hybridized carbons (Fsp3) is 0.444. The highest BCUT2D eigenvalue weighted by Crippen LogP contribution is 1.96. The number of likely N-dealkylation sites (N-methyl/N-ethyl adjacent to an activating group) is 1. The molecule has 1 aromatic heterocycles. The Hall–Kier alpha value is -2.05. The Morgan fingerprint density at radius 3 is 2.88 bits per heavy atom. The van der Waals surface area contributed by atoms with Crippen molar-refractivity contribution >= 4 is 12.0 Å². The molecule has 0 saturated carbocycles. The molecule has 88 valence electrons. The predicted molar refractivity (Wildman–Crippen MR) is 53.6 cm³/mol. The van der Waals surface area contributed by atoms with Crippen LogP contribution in [0.5, 0.6) is 0 Å². The molecule has 0 aliphatic heterocycles. The van der Waals surface area contributed by atoms with Crippen LogP contribution in [-0.2, 0) is 11.3 Å². The van der Waals surface area contributed by atoms with Crippen LogP contribution in [0.25, 0.3) is 0 Å². The molecular formula is C9H13N3O4. The maximum atomic E-state index is 11.5. The second-order valence-electron chi connectivity index (χ2n) is 3.05. The third kappa shape index (κ3) is 3.60. The summed E-state index contributed by atoms with van der Waals surface area (Å²) >= 11 is 0. The number of nitrogens with zero attached hydrogens (tertiary/aromatic N) is 2. The van der Waals surface area contributed by atoms with E-state index in [1.807, 2.05) is 0 Å². The van der Waals surface area contributed by atoms with Crippen LogP contribution in [0.2, 0.25) is 0 Å². The van der Waals surface area contributed by atoms with Crippen molar-refractivity contribution < 1.29 is 19.2 Å². The van der Waals surface area contributed by atoms with Crippen LogP contribution >= 0.6 is 0 Å². The SMILES string of the molecule is CCN(CC(=O)O)C(=O)NCc1ccno1. The number of hydrogen-bond acceptors (Lipinski definition) is 4. The number of rotatable bonds is 5. The average molecular weight is 227 g/mol. The van der Waals surface area contributed by atoms with E-state index in [4.69, 9.17) is 9.63 Å². The molecule has 0 aliphatic rings. The first kappa shape index (κ1) is 12.0. The molecule has 0 atom stereocenters. The Balaban J connectivity index is 2.40. The van der Waals surface area contributed by atoms with Gasteiger partial charge in [0.25, 0.3) is 0 Å². The Morgan fingerprint density at radius 2 is 2.38 bits per heavy atom. The first-order valence-electron chi connectivity index (χ1n) is 4.77. The van der Waals surface area contributed by atoms with Crippen molar-refractivity contribution in [2.75, 3.05) is 13.1 Å². The van der Waals surface area contributed by atoms with Gasteiger partial charge in [-0.15, -0.1) is 0 Å². The number of nitrogens with one attached hydrogen (secondary N) is 1. The molecule has 1 rings (SSSR count). The van der Waals surface area contributed by atoms with Crippen molar-refractivity contribution in [1.29, 1.82) is 0 Å². The van der Waals surface area contributed by atoms with Crippen molar-refractivity contribution in [1.82, 2.24) is 15.4 Å². The number of carbonyl (C=O) groups excluding carboxylic acids is 1. The number of carboxylic acids is 1. The Labute approximate surface area is 92.0 Å². The van der Waals surface area contributed by atoms with E-state index in [1.54, 1.807) is 13.0 Å². The van der Waals surface area contributed by atoms with Gasteiger partial charge in [0.1, 0.15) is 6.54 Å². The molecule has 0 saturated heterocycles. The van der Waals surface area contributed by atoms with Crippen molar-refractivity contribution in [3.05, 3.63) is 18.0 Å². The lowest BCUT2D eigenvalue weighted by molar-refractivity contribution is -0.137. The zero-order chi connectivity index (χ0) is 12.0. The number of carbonyl (C=O) groups is 2. The Morgan fingerprint density at radius 1 is 1.62 bits per heavy atom. The van der Waals surface area contributed by atoms with Crippen LogP contribution in [0.4, 0.5) is 4.79 Å². The van der Waals surface area contributed by atoms with Crippen LogP contribution in [0.15, 0.2) is 16.8 Å². The first-order valence-corrected chi connectivity index (χ1v) is 4.77. The maximum absolute atomic E-state index is 11.5. The van der Waals surface area contributed by atoms with Gasteiger partial charge in [0, 0.05) is 12.6 Å². The number of hydrogen-bond donors (Lipinski definition) is 2. The van der Waals surface area contributed by atoms with E-state index in [0.717, 1.165) is 0 Å².